The van der Waals surface area contributed by atoms with E-state index >= 15 is 0 Å². The number of nitrogens with zero attached hydrogens (tertiary/aromatic N) is 2. The number of nitrogen functional groups attached to an aromatic ring is 1. The number of halogens is 1. The average Bonchev–Trinajstić information content (AvgIpc) is 3.02. The molecule has 1 aliphatic heterocycles. The van der Waals surface area contributed by atoms with Crippen molar-refractivity contribution in [3.8, 4) is 0 Å². The molecule has 2 heterocycles. The van der Waals surface area contributed by atoms with Gasteiger partial charge in [-0.3, -0.25) is 19.9 Å². The fourth-order valence-electron chi connectivity index (χ4n) is 3.09. The molecule has 0 bridgehead atoms. The molecule has 1 amide bonds. The molecule has 0 radical (unpaired) electrons. The number of carboxylic acids is 1. The molecule has 1 atom stereocenters. The van der Waals surface area contributed by atoms with E-state index in [0.717, 1.165) is 11.1 Å². The zero-order valence-electron chi connectivity index (χ0n) is 14.6. The Labute approximate surface area is 163 Å². The van der Waals surface area contributed by atoms with Crippen molar-refractivity contribution in [1.82, 2.24) is 4.98 Å². The van der Waals surface area contributed by atoms with Gasteiger partial charge in [0, 0.05) is 24.7 Å². The van der Waals surface area contributed by atoms with E-state index in [4.69, 9.17) is 16.2 Å². The largest absolute Gasteiger partial charge is 0.481 e. The molecule has 0 spiro atoms. The summed E-state index contributed by atoms with van der Waals surface area (Å²) in [5.74, 6) is -0.554. The number of rotatable bonds is 6. The fraction of sp³-hybridized carbons (Fsp3) is 0.263. The van der Waals surface area contributed by atoms with Crippen molar-refractivity contribution in [1.29, 1.82) is 5.41 Å². The maximum Gasteiger partial charge on any atom is 0.303 e. The Balaban J connectivity index is 0.00000261. The van der Waals surface area contributed by atoms with Crippen LogP contribution in [0, 0.1) is 5.41 Å². The molecule has 8 heteroatoms. The van der Waals surface area contributed by atoms with Gasteiger partial charge in [0.25, 0.3) is 0 Å². The molecule has 4 N–H and O–H groups in total. The van der Waals surface area contributed by atoms with Crippen molar-refractivity contribution >= 4 is 35.9 Å². The van der Waals surface area contributed by atoms with Crippen LogP contribution in [0.15, 0.2) is 42.6 Å². The van der Waals surface area contributed by atoms with Crippen LogP contribution in [0.2, 0.25) is 0 Å². The number of hydrogen-bond donors (Lipinski definition) is 3. The Kier molecular flexibility index (Phi) is 6.52. The fourth-order valence-corrected chi connectivity index (χ4v) is 3.09. The quantitative estimate of drug-likeness (QED) is 0.518. The van der Waals surface area contributed by atoms with Gasteiger partial charge in [-0.2, -0.15) is 0 Å². The number of nitrogens with two attached hydrogens (primary N) is 1. The Morgan fingerprint density at radius 3 is 2.52 bits per heavy atom. The predicted octanol–water partition coefficient (Wildman–Crippen LogP) is 2.33. The van der Waals surface area contributed by atoms with Gasteiger partial charge in [0.05, 0.1) is 5.92 Å². The van der Waals surface area contributed by atoms with E-state index in [1.165, 1.54) is 6.20 Å². The maximum atomic E-state index is 12.8. The number of amidine groups is 1. The molecule has 2 aromatic rings. The van der Waals surface area contributed by atoms with Crippen molar-refractivity contribution in [3.05, 3.63) is 59.3 Å². The average molecular weight is 389 g/mol. The van der Waals surface area contributed by atoms with Gasteiger partial charge in [-0.25, -0.2) is 4.98 Å². The van der Waals surface area contributed by atoms with Crippen molar-refractivity contribution < 1.29 is 14.7 Å². The SMILES string of the molecule is Cl.N=C(N)c1ccc(N2CCC(c3ccc(CCC(=O)O)cc3)C2=O)nc1. The van der Waals surface area contributed by atoms with Crippen LogP contribution in [-0.2, 0) is 16.0 Å². The third-order valence-corrected chi connectivity index (χ3v) is 4.55. The minimum Gasteiger partial charge on any atom is -0.481 e. The molecule has 1 fully saturated rings. The van der Waals surface area contributed by atoms with E-state index in [-0.39, 0.29) is 36.5 Å². The monoisotopic (exact) mass is 388 g/mol. The summed E-state index contributed by atoms with van der Waals surface area (Å²) in [5.41, 5.74) is 7.82. The highest BCUT2D eigenvalue weighted by molar-refractivity contribution is 6.00. The maximum absolute atomic E-state index is 12.8. The Hall–Kier alpha value is -2.93. The molecule has 3 rings (SSSR count). The number of amides is 1. The predicted molar refractivity (Wildman–Crippen MR) is 105 cm³/mol. The Morgan fingerprint density at radius 1 is 1.26 bits per heavy atom. The third-order valence-electron chi connectivity index (χ3n) is 4.55. The summed E-state index contributed by atoms with van der Waals surface area (Å²) < 4.78 is 0. The van der Waals surface area contributed by atoms with Gasteiger partial charge in [-0.05, 0) is 36.1 Å². The molecular formula is C19H21ClN4O3. The zero-order chi connectivity index (χ0) is 18.7. The number of pyridine rings is 1. The molecule has 1 aliphatic rings. The molecule has 1 saturated heterocycles. The molecular weight excluding hydrogens is 368 g/mol. The summed E-state index contributed by atoms with van der Waals surface area (Å²) in [6.07, 6.45) is 2.77. The summed E-state index contributed by atoms with van der Waals surface area (Å²) in [6, 6.07) is 10.9. The van der Waals surface area contributed by atoms with E-state index in [2.05, 4.69) is 4.98 Å². The summed E-state index contributed by atoms with van der Waals surface area (Å²) >= 11 is 0. The van der Waals surface area contributed by atoms with Gasteiger partial charge in [0.1, 0.15) is 11.7 Å². The highest BCUT2D eigenvalue weighted by Gasteiger charge is 2.34. The van der Waals surface area contributed by atoms with Crippen molar-refractivity contribution in [2.24, 2.45) is 5.73 Å². The van der Waals surface area contributed by atoms with E-state index in [9.17, 15) is 9.59 Å². The molecule has 1 aromatic heterocycles. The van der Waals surface area contributed by atoms with E-state index in [1.54, 1.807) is 17.0 Å². The topological polar surface area (TPSA) is 120 Å². The van der Waals surface area contributed by atoms with Gasteiger partial charge >= 0.3 is 5.97 Å². The minimum atomic E-state index is -0.820. The molecule has 1 aromatic carbocycles. The van der Waals surface area contributed by atoms with Crippen LogP contribution in [0.4, 0.5) is 5.82 Å². The number of anilines is 1. The number of hydrogen-bond acceptors (Lipinski definition) is 4. The van der Waals surface area contributed by atoms with Crippen LogP contribution in [0.3, 0.4) is 0 Å². The van der Waals surface area contributed by atoms with Gasteiger partial charge in [-0.15, -0.1) is 12.4 Å². The number of aliphatic carboxylic acids is 1. The number of nitrogens with one attached hydrogen (secondary N) is 1. The lowest BCUT2D eigenvalue weighted by atomic mass is 9.96. The second-order valence-electron chi connectivity index (χ2n) is 6.29. The van der Waals surface area contributed by atoms with Crippen molar-refractivity contribution in [3.63, 3.8) is 0 Å². The number of benzene rings is 1. The van der Waals surface area contributed by atoms with Crippen molar-refractivity contribution in [2.45, 2.75) is 25.2 Å². The van der Waals surface area contributed by atoms with Crippen molar-refractivity contribution in [2.75, 3.05) is 11.4 Å². The van der Waals surface area contributed by atoms with Crippen LogP contribution < -0.4 is 10.6 Å². The molecule has 27 heavy (non-hydrogen) atoms. The number of aryl methyl sites for hydroxylation is 1. The van der Waals surface area contributed by atoms with E-state index in [1.807, 2.05) is 24.3 Å². The van der Waals surface area contributed by atoms with Gasteiger partial charge in [0.2, 0.25) is 5.91 Å². The van der Waals surface area contributed by atoms with Gasteiger partial charge < -0.3 is 10.8 Å². The second-order valence-corrected chi connectivity index (χ2v) is 6.29. The lowest BCUT2D eigenvalue weighted by molar-refractivity contribution is -0.137. The van der Waals surface area contributed by atoms with E-state index in [0.29, 0.717) is 30.8 Å². The second kappa shape index (κ2) is 8.64. The van der Waals surface area contributed by atoms with Crippen LogP contribution in [0.5, 0.6) is 0 Å². The van der Waals surface area contributed by atoms with Crippen LogP contribution in [-0.4, -0.2) is 34.3 Å². The van der Waals surface area contributed by atoms with E-state index < -0.39 is 5.97 Å². The minimum absolute atomic E-state index is 0. The summed E-state index contributed by atoms with van der Waals surface area (Å²) in [4.78, 5) is 29.3. The Morgan fingerprint density at radius 2 is 1.96 bits per heavy atom. The number of carbonyl (C=O) groups excluding carboxylic acids is 1. The first-order valence-corrected chi connectivity index (χ1v) is 8.38. The molecule has 0 aliphatic carbocycles. The number of aromatic nitrogens is 1. The summed E-state index contributed by atoms with van der Waals surface area (Å²) in [6.45, 7) is 0.580. The molecule has 1 unspecified atom stereocenters. The third kappa shape index (κ3) is 4.62. The first-order chi connectivity index (χ1) is 12.5. The lowest BCUT2D eigenvalue weighted by Crippen LogP contribution is -2.27. The Bertz CT molecular complexity index is 837. The standard InChI is InChI=1S/C19H20N4O3.ClH/c20-18(21)14-6-7-16(22-11-14)23-10-9-15(19(23)26)13-4-1-12(2-5-13)3-8-17(24)25;/h1-2,4-7,11,15H,3,8-10H2,(H3,20,21)(H,24,25);1H. The summed E-state index contributed by atoms with van der Waals surface area (Å²) in [5, 5.41) is 16.1. The van der Waals surface area contributed by atoms with Gasteiger partial charge in [-0.1, -0.05) is 24.3 Å². The first kappa shape index (κ1) is 20.4. The smallest absolute Gasteiger partial charge is 0.303 e. The first-order valence-electron chi connectivity index (χ1n) is 8.38. The van der Waals surface area contributed by atoms with Crippen LogP contribution >= 0.6 is 12.4 Å². The molecule has 142 valence electrons. The highest BCUT2D eigenvalue weighted by atomic mass is 35.5. The highest BCUT2D eigenvalue weighted by Crippen LogP contribution is 2.31. The van der Waals surface area contributed by atoms with Gasteiger partial charge in [0.15, 0.2) is 0 Å². The zero-order valence-corrected chi connectivity index (χ0v) is 15.4. The summed E-state index contributed by atoms with van der Waals surface area (Å²) in [7, 11) is 0. The molecule has 7 nitrogen and oxygen atoms in total. The normalized spacial score (nSPS) is 16.1. The van der Waals surface area contributed by atoms with Crippen LogP contribution in [0.25, 0.3) is 0 Å². The number of carboxylic acid groups (broad SMARTS) is 1. The number of carbonyl (C=O) groups is 2. The van der Waals surface area contributed by atoms with Crippen LogP contribution in [0.1, 0.15) is 35.4 Å². The molecule has 0 saturated carbocycles. The lowest BCUT2D eigenvalue weighted by Gasteiger charge is -2.16.